The van der Waals surface area contributed by atoms with E-state index in [1.54, 1.807) is 6.07 Å². The number of ether oxygens (including phenoxy) is 1. The van der Waals surface area contributed by atoms with Gasteiger partial charge < -0.3 is 15.4 Å². The minimum atomic E-state index is -4.60. The van der Waals surface area contributed by atoms with Crippen molar-refractivity contribution in [3.63, 3.8) is 0 Å². The maximum Gasteiger partial charge on any atom is 0.416 e. The monoisotopic (exact) mass is 456 g/mol. The highest BCUT2D eigenvalue weighted by molar-refractivity contribution is 6.33. The van der Waals surface area contributed by atoms with Crippen LogP contribution < -0.4 is 10.6 Å². The molecule has 166 valence electrons. The number of hydrogen-bond donors (Lipinski definition) is 2. The number of carbonyl (C=O) groups is 3. The van der Waals surface area contributed by atoms with E-state index in [0.717, 1.165) is 23.3 Å². The minimum absolute atomic E-state index is 0.101. The second-order valence-electron chi connectivity index (χ2n) is 6.77. The van der Waals surface area contributed by atoms with Crippen LogP contribution in [0.2, 0.25) is 5.02 Å². The van der Waals surface area contributed by atoms with Crippen LogP contribution in [0.1, 0.15) is 29.5 Å². The number of hydrogen-bond acceptors (Lipinski definition) is 4. The molecular formula is C21H20ClF3N2O4. The lowest BCUT2D eigenvalue weighted by atomic mass is 10.1. The first-order valence-corrected chi connectivity index (χ1v) is 9.53. The summed E-state index contributed by atoms with van der Waals surface area (Å²) in [7, 11) is 0. The fourth-order valence-corrected chi connectivity index (χ4v) is 2.67. The van der Waals surface area contributed by atoms with Crippen molar-refractivity contribution in [2.45, 2.75) is 32.9 Å². The molecule has 2 rings (SSSR count). The molecule has 0 radical (unpaired) electrons. The Morgan fingerprint density at radius 3 is 2.29 bits per heavy atom. The standard InChI is InChI=1S/C21H20ClF3N2O4/c1-12-3-4-13(2)16(9-12)26-18(28)7-8-20(30)31-11-19(29)27-17-10-14(21(23,24)25)5-6-15(17)22/h3-6,9-10H,7-8,11H2,1-2H3,(H,26,28)(H,27,29). The summed E-state index contributed by atoms with van der Waals surface area (Å²) in [5.74, 6) is -2.07. The van der Waals surface area contributed by atoms with E-state index in [4.69, 9.17) is 16.3 Å². The van der Waals surface area contributed by atoms with Crippen LogP contribution >= 0.6 is 11.6 Å². The van der Waals surface area contributed by atoms with E-state index >= 15 is 0 Å². The Morgan fingerprint density at radius 2 is 1.61 bits per heavy atom. The molecule has 10 heteroatoms. The Labute approximate surface area is 181 Å². The zero-order valence-corrected chi connectivity index (χ0v) is 17.5. The molecular weight excluding hydrogens is 437 g/mol. The second-order valence-corrected chi connectivity index (χ2v) is 7.17. The van der Waals surface area contributed by atoms with Crippen LogP contribution in [0.3, 0.4) is 0 Å². The lowest BCUT2D eigenvalue weighted by Gasteiger charge is -2.12. The maximum atomic E-state index is 12.8. The number of aryl methyl sites for hydroxylation is 2. The minimum Gasteiger partial charge on any atom is -0.456 e. The first-order chi connectivity index (χ1) is 14.5. The van der Waals surface area contributed by atoms with E-state index < -0.39 is 36.1 Å². The highest BCUT2D eigenvalue weighted by Crippen LogP contribution is 2.33. The number of amides is 2. The van der Waals surface area contributed by atoms with E-state index in [2.05, 4.69) is 10.6 Å². The molecule has 2 aromatic carbocycles. The van der Waals surface area contributed by atoms with Crippen molar-refractivity contribution in [1.29, 1.82) is 0 Å². The van der Waals surface area contributed by atoms with Crippen LogP contribution in [0.4, 0.5) is 24.5 Å². The van der Waals surface area contributed by atoms with Crippen LogP contribution in [0.15, 0.2) is 36.4 Å². The largest absolute Gasteiger partial charge is 0.456 e. The highest BCUT2D eigenvalue weighted by atomic mass is 35.5. The van der Waals surface area contributed by atoms with Crippen molar-refractivity contribution in [3.8, 4) is 0 Å². The number of carbonyl (C=O) groups excluding carboxylic acids is 3. The summed E-state index contributed by atoms with van der Waals surface area (Å²) < 4.78 is 43.0. The van der Waals surface area contributed by atoms with Gasteiger partial charge in [-0.2, -0.15) is 13.2 Å². The summed E-state index contributed by atoms with van der Waals surface area (Å²) in [5.41, 5.74) is 1.22. The van der Waals surface area contributed by atoms with Gasteiger partial charge in [0.15, 0.2) is 6.61 Å². The number of nitrogens with one attached hydrogen (secondary N) is 2. The Morgan fingerprint density at radius 1 is 0.935 bits per heavy atom. The predicted molar refractivity (Wildman–Crippen MR) is 110 cm³/mol. The molecule has 0 unspecified atom stereocenters. The maximum absolute atomic E-state index is 12.8. The van der Waals surface area contributed by atoms with Gasteiger partial charge in [-0.15, -0.1) is 0 Å². The molecule has 0 saturated carbocycles. The third-order valence-corrected chi connectivity index (χ3v) is 4.48. The van der Waals surface area contributed by atoms with Gasteiger partial charge in [0.2, 0.25) is 5.91 Å². The molecule has 6 nitrogen and oxygen atoms in total. The Kier molecular flexibility index (Phi) is 8.04. The summed E-state index contributed by atoms with van der Waals surface area (Å²) in [6.45, 7) is 2.98. The molecule has 0 aliphatic heterocycles. The molecule has 0 aliphatic carbocycles. The lowest BCUT2D eigenvalue weighted by molar-refractivity contribution is -0.147. The van der Waals surface area contributed by atoms with Crippen molar-refractivity contribution in [1.82, 2.24) is 0 Å². The number of anilines is 2. The van der Waals surface area contributed by atoms with Crippen LogP contribution in [-0.2, 0) is 25.3 Å². The van der Waals surface area contributed by atoms with Gasteiger partial charge in [0.05, 0.1) is 22.7 Å². The molecule has 0 aromatic heterocycles. The van der Waals surface area contributed by atoms with Gasteiger partial charge >= 0.3 is 12.1 Å². The van der Waals surface area contributed by atoms with Gasteiger partial charge in [-0.3, -0.25) is 14.4 Å². The molecule has 0 aliphatic rings. The smallest absolute Gasteiger partial charge is 0.416 e. The number of rotatable bonds is 7. The molecule has 0 heterocycles. The SMILES string of the molecule is Cc1ccc(C)c(NC(=O)CCC(=O)OCC(=O)Nc2cc(C(F)(F)F)ccc2Cl)c1. The second kappa shape index (κ2) is 10.3. The topological polar surface area (TPSA) is 84.5 Å². The molecule has 31 heavy (non-hydrogen) atoms. The Hall–Kier alpha value is -3.07. The van der Waals surface area contributed by atoms with E-state index in [9.17, 15) is 27.6 Å². The van der Waals surface area contributed by atoms with Gasteiger partial charge in [0.25, 0.3) is 5.91 Å². The zero-order valence-electron chi connectivity index (χ0n) is 16.7. The van der Waals surface area contributed by atoms with E-state index in [-0.39, 0.29) is 23.6 Å². The third-order valence-electron chi connectivity index (χ3n) is 4.16. The fourth-order valence-electron chi connectivity index (χ4n) is 2.50. The molecule has 2 amide bonds. The van der Waals surface area contributed by atoms with Gasteiger partial charge in [-0.1, -0.05) is 23.7 Å². The number of benzene rings is 2. The van der Waals surface area contributed by atoms with Crippen molar-refractivity contribution >= 4 is 40.8 Å². The normalized spacial score (nSPS) is 11.0. The van der Waals surface area contributed by atoms with E-state index in [1.165, 1.54) is 0 Å². The van der Waals surface area contributed by atoms with Crippen molar-refractivity contribution in [2.24, 2.45) is 0 Å². The fraction of sp³-hybridized carbons (Fsp3) is 0.286. The summed E-state index contributed by atoms with van der Waals surface area (Å²) in [5, 5.41) is 4.75. The summed E-state index contributed by atoms with van der Waals surface area (Å²) >= 11 is 5.79. The Balaban J connectivity index is 1.80. The van der Waals surface area contributed by atoms with E-state index in [0.29, 0.717) is 11.8 Å². The highest BCUT2D eigenvalue weighted by Gasteiger charge is 2.31. The van der Waals surface area contributed by atoms with Gasteiger partial charge in [-0.25, -0.2) is 0 Å². The number of halogens is 4. The predicted octanol–water partition coefficient (Wildman–Crippen LogP) is 4.88. The molecule has 2 aromatic rings. The van der Waals surface area contributed by atoms with Crippen LogP contribution in [0, 0.1) is 13.8 Å². The van der Waals surface area contributed by atoms with E-state index in [1.807, 2.05) is 26.0 Å². The van der Waals surface area contributed by atoms with Gasteiger partial charge in [-0.05, 0) is 49.2 Å². The molecule has 0 spiro atoms. The van der Waals surface area contributed by atoms with Crippen molar-refractivity contribution in [2.75, 3.05) is 17.2 Å². The summed E-state index contributed by atoms with van der Waals surface area (Å²) in [6.07, 6.45) is -5.03. The van der Waals surface area contributed by atoms with Crippen molar-refractivity contribution in [3.05, 3.63) is 58.1 Å². The number of alkyl halides is 3. The summed E-state index contributed by atoms with van der Waals surface area (Å²) in [6, 6.07) is 8.02. The van der Waals surface area contributed by atoms with Crippen LogP contribution in [0.5, 0.6) is 0 Å². The first-order valence-electron chi connectivity index (χ1n) is 9.15. The Bertz CT molecular complexity index is 993. The lowest BCUT2D eigenvalue weighted by Crippen LogP contribution is -2.22. The molecule has 0 fully saturated rings. The third kappa shape index (κ3) is 7.60. The average molecular weight is 457 g/mol. The molecule has 0 atom stereocenters. The van der Waals surface area contributed by atoms with Gasteiger partial charge in [0.1, 0.15) is 0 Å². The van der Waals surface area contributed by atoms with Gasteiger partial charge in [0, 0.05) is 12.1 Å². The zero-order chi connectivity index (χ0) is 23.2. The molecule has 0 bridgehead atoms. The summed E-state index contributed by atoms with van der Waals surface area (Å²) in [4.78, 5) is 35.7. The van der Waals surface area contributed by atoms with Crippen molar-refractivity contribution < 1.29 is 32.3 Å². The van der Waals surface area contributed by atoms with Crippen LogP contribution in [-0.4, -0.2) is 24.4 Å². The average Bonchev–Trinajstić information content (AvgIpc) is 2.68. The number of esters is 1. The first kappa shape index (κ1) is 24.2. The van der Waals surface area contributed by atoms with Crippen LogP contribution in [0.25, 0.3) is 0 Å². The molecule has 0 saturated heterocycles. The molecule has 2 N–H and O–H groups in total. The quantitative estimate of drug-likeness (QED) is 0.582.